The number of aromatic nitrogens is 1. The molecule has 5 rings (SSSR count). The van der Waals surface area contributed by atoms with Crippen molar-refractivity contribution < 1.29 is 37.8 Å². The number of quaternary nitrogens is 1. The molecule has 13 heteroatoms. The number of ether oxygens (including phenoxy) is 3. The number of carbonyl (C=O) groups excluding carboxylic acids is 4. The van der Waals surface area contributed by atoms with Crippen LogP contribution in [0.2, 0.25) is 0 Å². The van der Waals surface area contributed by atoms with Gasteiger partial charge in [0, 0.05) is 17.9 Å². The van der Waals surface area contributed by atoms with Gasteiger partial charge in [-0.15, -0.1) is 0 Å². The molecule has 0 radical (unpaired) electrons. The Hall–Kier alpha value is -4.36. The lowest BCUT2D eigenvalue weighted by Crippen LogP contribution is -2.61. The molecule has 11 nitrogen and oxygen atoms in total. The van der Waals surface area contributed by atoms with Gasteiger partial charge >= 0.3 is 17.9 Å². The number of halogens is 1. The number of likely N-dealkylation sites (N-methyl/N-ethyl adjacent to an activating group) is 1. The van der Waals surface area contributed by atoms with Crippen LogP contribution in [-0.4, -0.2) is 68.1 Å². The molecule has 4 amide bonds. The van der Waals surface area contributed by atoms with Gasteiger partial charge in [0.05, 0.1) is 33.9 Å². The summed E-state index contributed by atoms with van der Waals surface area (Å²) < 4.78 is 29.1. The maximum atomic E-state index is 14.4. The number of carbonyl (C=O) groups is 4. The van der Waals surface area contributed by atoms with Gasteiger partial charge in [0.15, 0.2) is 29.0 Å². The van der Waals surface area contributed by atoms with Gasteiger partial charge in [0.1, 0.15) is 11.8 Å². The predicted molar refractivity (Wildman–Crippen MR) is 137 cm³/mol. The number of nitrogens with zero attached hydrogens (tertiary/aromatic N) is 3. The molecular weight excluding hydrogens is 531 g/mol. The Balaban J connectivity index is 1.59. The molecular formula is C26H24FN4O7S+. The minimum Gasteiger partial charge on any atom is -0.496 e. The normalized spacial score (nSPS) is 22.4. The summed E-state index contributed by atoms with van der Waals surface area (Å²) >= 11 is 1.07. The van der Waals surface area contributed by atoms with Gasteiger partial charge in [-0.2, -0.15) is 9.47 Å². The molecule has 2 aliphatic heterocycles. The molecule has 0 saturated carbocycles. The van der Waals surface area contributed by atoms with E-state index in [1.807, 2.05) is 0 Å². The first-order chi connectivity index (χ1) is 18.6. The molecule has 3 heterocycles. The minimum absolute atomic E-state index is 0.00981. The van der Waals surface area contributed by atoms with Crippen LogP contribution in [0.3, 0.4) is 0 Å². The number of nitrogens with one attached hydrogen (secondary N) is 1. The molecule has 2 aliphatic rings. The van der Waals surface area contributed by atoms with Crippen molar-refractivity contribution in [1.82, 2.24) is 19.7 Å². The lowest BCUT2D eigenvalue weighted by Gasteiger charge is -2.39. The first-order valence-corrected chi connectivity index (χ1v) is 12.6. The Labute approximate surface area is 226 Å². The summed E-state index contributed by atoms with van der Waals surface area (Å²) in [6.07, 6.45) is -0.00981. The molecule has 1 unspecified atom stereocenters. The Bertz CT molecular complexity index is 1530. The first kappa shape index (κ1) is 26.3. The van der Waals surface area contributed by atoms with E-state index in [-0.39, 0.29) is 28.6 Å². The first-order valence-electron chi connectivity index (χ1n) is 11.7. The molecule has 3 aromatic rings. The number of rotatable bonds is 6. The summed E-state index contributed by atoms with van der Waals surface area (Å²) in [7, 11) is 5.60. The van der Waals surface area contributed by atoms with E-state index < -0.39 is 46.2 Å². The van der Waals surface area contributed by atoms with Gasteiger partial charge in [-0.05, 0) is 23.8 Å². The van der Waals surface area contributed by atoms with E-state index in [1.54, 1.807) is 25.2 Å². The number of hydrogen-bond donors (Lipinski definition) is 1. The summed E-state index contributed by atoms with van der Waals surface area (Å²) in [5, 5.41) is 4.28. The second kappa shape index (κ2) is 9.75. The highest BCUT2D eigenvalue weighted by atomic mass is 32.1. The van der Waals surface area contributed by atoms with E-state index in [9.17, 15) is 23.6 Å². The van der Waals surface area contributed by atoms with Crippen LogP contribution in [0.5, 0.6) is 11.5 Å². The van der Waals surface area contributed by atoms with E-state index in [2.05, 4.69) is 10.3 Å². The Kier molecular flexibility index (Phi) is 6.56. The van der Waals surface area contributed by atoms with Gasteiger partial charge in [-0.3, -0.25) is 4.79 Å². The summed E-state index contributed by atoms with van der Waals surface area (Å²) in [5.41, 5.74) is 1.35. The van der Waals surface area contributed by atoms with Crippen molar-refractivity contribution in [3.8, 4) is 11.5 Å². The van der Waals surface area contributed by atoms with E-state index in [1.165, 1.54) is 38.8 Å². The van der Waals surface area contributed by atoms with E-state index >= 15 is 0 Å². The van der Waals surface area contributed by atoms with Crippen molar-refractivity contribution in [2.45, 2.75) is 18.5 Å². The van der Waals surface area contributed by atoms with Crippen molar-refractivity contribution in [2.75, 3.05) is 28.4 Å². The maximum Gasteiger partial charge on any atom is 0.357 e. The highest BCUT2D eigenvalue weighted by Crippen LogP contribution is 2.46. The molecule has 0 aliphatic carbocycles. The van der Waals surface area contributed by atoms with Crippen LogP contribution in [0.25, 0.3) is 0 Å². The monoisotopic (exact) mass is 555 g/mol. The molecule has 39 heavy (non-hydrogen) atoms. The molecule has 2 aromatic carbocycles. The fraction of sp³-hybridized carbons (Fsp3) is 0.269. The smallest absolute Gasteiger partial charge is 0.357 e. The minimum atomic E-state index is -1.25. The fourth-order valence-corrected chi connectivity index (χ4v) is 5.93. The number of amides is 4. The number of thiazole rings is 1. The third-order valence-corrected chi connectivity index (χ3v) is 8.00. The molecule has 202 valence electrons. The summed E-state index contributed by atoms with van der Waals surface area (Å²) in [6.45, 7) is 0. The van der Waals surface area contributed by atoms with Gasteiger partial charge in [-0.25, -0.2) is 23.7 Å². The number of urea groups is 1. The summed E-state index contributed by atoms with van der Waals surface area (Å²) in [6, 6.07) is 5.87. The van der Waals surface area contributed by atoms with Crippen LogP contribution >= 0.6 is 11.3 Å². The van der Waals surface area contributed by atoms with E-state index in [0.717, 1.165) is 22.3 Å². The SMILES string of the molecule is COC(=O)c1csc([N+]2(C)C(=O)[C@@H](N3C(=O)N[C@H](c4ccc(OC)c(F)c4)C3=O)Cc3c(OC)cccc32)n1. The molecule has 1 aromatic heterocycles. The lowest BCUT2D eigenvalue weighted by atomic mass is 9.93. The Morgan fingerprint density at radius 1 is 1.13 bits per heavy atom. The van der Waals surface area contributed by atoms with Gasteiger partial charge < -0.3 is 19.5 Å². The molecule has 0 bridgehead atoms. The highest BCUT2D eigenvalue weighted by Gasteiger charge is 2.57. The summed E-state index contributed by atoms with van der Waals surface area (Å²) in [4.78, 5) is 58.4. The van der Waals surface area contributed by atoms with E-state index in [4.69, 9.17) is 14.2 Å². The number of hydrogen-bond acceptors (Lipinski definition) is 9. The summed E-state index contributed by atoms with van der Waals surface area (Å²) in [5.74, 6) is -2.15. The van der Waals surface area contributed by atoms with Crippen LogP contribution in [0.4, 0.5) is 20.0 Å². The largest absolute Gasteiger partial charge is 0.496 e. The third kappa shape index (κ3) is 4.01. The third-order valence-electron chi connectivity index (χ3n) is 6.99. The quantitative estimate of drug-likeness (QED) is 0.280. The number of benzene rings is 2. The standard InChI is InChI=1S/C26H23FN4O7S/c1-31(26-28-16(12-39-26)24(34)38-4)18-6-5-7-19(36-2)14(18)11-17(23(31)33)30-22(32)21(29-25(30)35)13-8-9-20(37-3)15(27)10-13/h5-10,12,17,21H,11H2,1-4H3/p+1/t17-,21+,31?/m0/s1. The predicted octanol–water partition coefficient (Wildman–Crippen LogP) is 3.10. The Morgan fingerprint density at radius 3 is 2.54 bits per heavy atom. The zero-order valence-corrected chi connectivity index (χ0v) is 22.2. The number of esters is 1. The molecule has 1 fully saturated rings. The van der Waals surface area contributed by atoms with Crippen LogP contribution in [0, 0.1) is 5.82 Å². The number of imide groups is 1. The topological polar surface area (TPSA) is 124 Å². The van der Waals surface area contributed by atoms with Crippen molar-refractivity contribution in [3.05, 3.63) is 64.4 Å². The van der Waals surface area contributed by atoms with Crippen molar-refractivity contribution >= 4 is 46.0 Å². The van der Waals surface area contributed by atoms with Crippen LogP contribution in [0.1, 0.15) is 27.7 Å². The van der Waals surface area contributed by atoms with Crippen molar-refractivity contribution in [2.24, 2.45) is 0 Å². The van der Waals surface area contributed by atoms with Gasteiger partial charge in [0.2, 0.25) is 0 Å². The second-order valence-corrected chi connectivity index (χ2v) is 9.85. The molecule has 1 saturated heterocycles. The zero-order valence-electron chi connectivity index (χ0n) is 21.4. The number of methoxy groups -OCH3 is 3. The maximum absolute atomic E-state index is 14.4. The molecule has 1 N–H and O–H groups in total. The number of fused-ring (bicyclic) bond motifs is 1. The molecule has 3 atom stereocenters. The molecule has 0 spiro atoms. The van der Waals surface area contributed by atoms with Crippen LogP contribution in [-0.2, 0) is 20.7 Å². The van der Waals surface area contributed by atoms with Gasteiger partial charge in [0.25, 0.3) is 11.0 Å². The van der Waals surface area contributed by atoms with Gasteiger partial charge in [-0.1, -0.05) is 23.5 Å². The van der Waals surface area contributed by atoms with Crippen LogP contribution in [0.15, 0.2) is 41.8 Å². The van der Waals surface area contributed by atoms with E-state index in [0.29, 0.717) is 17.0 Å². The highest BCUT2D eigenvalue weighted by molar-refractivity contribution is 7.14. The average Bonchev–Trinajstić information content (AvgIpc) is 3.55. The average molecular weight is 556 g/mol. The second-order valence-electron chi connectivity index (χ2n) is 9.01. The fourth-order valence-electron chi connectivity index (χ4n) is 5.01. The van der Waals surface area contributed by atoms with Crippen molar-refractivity contribution in [1.29, 1.82) is 0 Å². The zero-order chi connectivity index (χ0) is 28.1. The Morgan fingerprint density at radius 2 is 1.87 bits per heavy atom. The van der Waals surface area contributed by atoms with Crippen molar-refractivity contribution in [3.63, 3.8) is 0 Å². The van der Waals surface area contributed by atoms with Crippen LogP contribution < -0.4 is 19.3 Å². The lowest BCUT2D eigenvalue weighted by molar-refractivity contribution is -0.139.